The van der Waals surface area contributed by atoms with Crippen LogP contribution in [0.3, 0.4) is 0 Å². The zero-order chi connectivity index (χ0) is 11.5. The second kappa shape index (κ2) is 5.25. The highest BCUT2D eigenvalue weighted by Crippen LogP contribution is 2.31. The van der Waals surface area contributed by atoms with Gasteiger partial charge in [0, 0.05) is 24.2 Å². The lowest BCUT2D eigenvalue weighted by atomic mass is 9.96. The number of aromatic nitrogens is 1. The van der Waals surface area contributed by atoms with E-state index in [1.165, 1.54) is 11.4 Å². The maximum atomic E-state index is 6.26. The van der Waals surface area contributed by atoms with E-state index in [0.29, 0.717) is 12.0 Å². The SMILES string of the molecule is CC(C)CN1CCCC(N)C1c1nccs1. The van der Waals surface area contributed by atoms with Crippen molar-refractivity contribution in [2.75, 3.05) is 13.1 Å². The van der Waals surface area contributed by atoms with Crippen LogP contribution in [0.4, 0.5) is 0 Å². The van der Waals surface area contributed by atoms with Crippen LogP contribution in [-0.4, -0.2) is 29.0 Å². The van der Waals surface area contributed by atoms with Gasteiger partial charge in [-0.3, -0.25) is 4.90 Å². The molecule has 2 heterocycles. The highest BCUT2D eigenvalue weighted by atomic mass is 32.1. The van der Waals surface area contributed by atoms with Crippen LogP contribution in [0.15, 0.2) is 11.6 Å². The van der Waals surface area contributed by atoms with Gasteiger partial charge in [-0.05, 0) is 25.3 Å². The standard InChI is InChI=1S/C12H21N3S/c1-9(2)8-15-6-3-4-10(13)11(15)12-14-5-7-16-12/h5,7,9-11H,3-4,6,8,13H2,1-2H3. The van der Waals surface area contributed by atoms with E-state index < -0.39 is 0 Å². The number of nitrogens with two attached hydrogens (primary N) is 1. The Balaban J connectivity index is 2.14. The van der Waals surface area contributed by atoms with Crippen molar-refractivity contribution < 1.29 is 0 Å². The summed E-state index contributed by atoms with van der Waals surface area (Å²) in [6.07, 6.45) is 4.23. The van der Waals surface area contributed by atoms with Gasteiger partial charge in [0.05, 0.1) is 6.04 Å². The van der Waals surface area contributed by atoms with Gasteiger partial charge in [-0.1, -0.05) is 13.8 Å². The van der Waals surface area contributed by atoms with E-state index in [-0.39, 0.29) is 6.04 Å². The Morgan fingerprint density at radius 2 is 2.44 bits per heavy atom. The molecule has 2 atom stereocenters. The van der Waals surface area contributed by atoms with Crippen molar-refractivity contribution in [3.8, 4) is 0 Å². The Bertz CT molecular complexity index is 310. The summed E-state index contributed by atoms with van der Waals surface area (Å²) in [5, 5.41) is 3.23. The van der Waals surface area contributed by atoms with Crippen molar-refractivity contribution in [3.05, 3.63) is 16.6 Å². The van der Waals surface area contributed by atoms with Crippen LogP contribution >= 0.6 is 11.3 Å². The Labute approximate surface area is 102 Å². The summed E-state index contributed by atoms with van der Waals surface area (Å²) in [7, 11) is 0. The van der Waals surface area contributed by atoms with Crippen molar-refractivity contribution in [1.29, 1.82) is 0 Å². The van der Waals surface area contributed by atoms with Crippen LogP contribution in [0.1, 0.15) is 37.7 Å². The number of likely N-dealkylation sites (tertiary alicyclic amines) is 1. The molecule has 2 rings (SSSR count). The summed E-state index contributed by atoms with van der Waals surface area (Å²) in [4.78, 5) is 6.96. The van der Waals surface area contributed by atoms with Gasteiger partial charge >= 0.3 is 0 Å². The van der Waals surface area contributed by atoms with Gasteiger partial charge < -0.3 is 5.73 Å². The molecule has 0 spiro atoms. The van der Waals surface area contributed by atoms with Gasteiger partial charge in [-0.25, -0.2) is 4.98 Å². The van der Waals surface area contributed by atoms with Crippen LogP contribution < -0.4 is 5.73 Å². The van der Waals surface area contributed by atoms with E-state index in [0.717, 1.165) is 19.5 Å². The number of hydrogen-bond acceptors (Lipinski definition) is 4. The lowest BCUT2D eigenvalue weighted by molar-refractivity contribution is 0.114. The Morgan fingerprint density at radius 1 is 1.62 bits per heavy atom. The number of piperidine rings is 1. The molecule has 0 amide bonds. The first kappa shape index (κ1) is 12.0. The quantitative estimate of drug-likeness (QED) is 0.880. The zero-order valence-corrected chi connectivity index (χ0v) is 10.9. The molecule has 0 radical (unpaired) electrons. The molecule has 0 saturated carbocycles. The first-order chi connectivity index (χ1) is 7.68. The topological polar surface area (TPSA) is 42.1 Å². The number of nitrogens with zero attached hydrogens (tertiary/aromatic N) is 2. The number of hydrogen-bond donors (Lipinski definition) is 1. The minimum Gasteiger partial charge on any atom is -0.326 e. The molecule has 16 heavy (non-hydrogen) atoms. The summed E-state index contributed by atoms with van der Waals surface area (Å²) >= 11 is 1.73. The minimum atomic E-state index is 0.249. The molecule has 1 aromatic rings. The molecule has 0 aromatic carbocycles. The molecule has 0 bridgehead atoms. The predicted molar refractivity (Wildman–Crippen MR) is 68.5 cm³/mol. The third-order valence-electron chi connectivity index (χ3n) is 3.09. The Morgan fingerprint density at radius 3 is 3.06 bits per heavy atom. The fourth-order valence-corrected chi connectivity index (χ4v) is 3.34. The van der Waals surface area contributed by atoms with Gasteiger partial charge in [-0.15, -0.1) is 11.3 Å². The van der Waals surface area contributed by atoms with Crippen molar-refractivity contribution in [2.24, 2.45) is 11.7 Å². The largest absolute Gasteiger partial charge is 0.326 e. The third kappa shape index (κ3) is 2.62. The summed E-state index contributed by atoms with van der Waals surface area (Å²) in [6.45, 7) is 6.81. The van der Waals surface area contributed by atoms with Crippen molar-refractivity contribution >= 4 is 11.3 Å². The van der Waals surface area contributed by atoms with Gasteiger partial charge in [-0.2, -0.15) is 0 Å². The van der Waals surface area contributed by atoms with E-state index in [9.17, 15) is 0 Å². The average molecular weight is 239 g/mol. The van der Waals surface area contributed by atoms with Gasteiger partial charge in [0.1, 0.15) is 5.01 Å². The average Bonchev–Trinajstić information content (AvgIpc) is 2.69. The third-order valence-corrected chi connectivity index (χ3v) is 3.93. The van der Waals surface area contributed by atoms with Crippen LogP contribution in [0.2, 0.25) is 0 Å². The minimum absolute atomic E-state index is 0.249. The van der Waals surface area contributed by atoms with Crippen LogP contribution in [-0.2, 0) is 0 Å². The number of thiazole rings is 1. The van der Waals surface area contributed by atoms with E-state index >= 15 is 0 Å². The summed E-state index contributed by atoms with van der Waals surface area (Å²) in [5.74, 6) is 0.688. The van der Waals surface area contributed by atoms with Crippen LogP contribution in [0, 0.1) is 5.92 Å². The van der Waals surface area contributed by atoms with Gasteiger partial charge in [0.2, 0.25) is 0 Å². The zero-order valence-electron chi connectivity index (χ0n) is 10.1. The molecular formula is C12H21N3S. The molecular weight excluding hydrogens is 218 g/mol. The van der Waals surface area contributed by atoms with E-state index in [2.05, 4.69) is 23.7 Å². The molecule has 3 nitrogen and oxygen atoms in total. The number of rotatable bonds is 3. The second-order valence-electron chi connectivity index (χ2n) is 5.01. The predicted octanol–water partition coefficient (Wildman–Crippen LogP) is 2.26. The second-order valence-corrected chi connectivity index (χ2v) is 5.94. The molecule has 2 N–H and O–H groups in total. The molecule has 1 saturated heterocycles. The molecule has 2 unspecified atom stereocenters. The van der Waals surface area contributed by atoms with Gasteiger partial charge in [0.15, 0.2) is 0 Å². The van der Waals surface area contributed by atoms with Crippen LogP contribution in [0.5, 0.6) is 0 Å². The molecule has 1 fully saturated rings. The van der Waals surface area contributed by atoms with Gasteiger partial charge in [0.25, 0.3) is 0 Å². The highest BCUT2D eigenvalue weighted by molar-refractivity contribution is 7.09. The Kier molecular flexibility index (Phi) is 3.95. The first-order valence-electron chi connectivity index (χ1n) is 6.07. The summed E-state index contributed by atoms with van der Waals surface area (Å²) < 4.78 is 0. The summed E-state index contributed by atoms with van der Waals surface area (Å²) in [6, 6.07) is 0.592. The smallest absolute Gasteiger partial charge is 0.111 e. The summed E-state index contributed by atoms with van der Waals surface area (Å²) in [5.41, 5.74) is 6.26. The lowest BCUT2D eigenvalue weighted by Gasteiger charge is -2.39. The Hall–Kier alpha value is -0.450. The van der Waals surface area contributed by atoms with E-state index in [1.54, 1.807) is 11.3 Å². The van der Waals surface area contributed by atoms with Crippen LogP contribution in [0.25, 0.3) is 0 Å². The highest BCUT2D eigenvalue weighted by Gasteiger charge is 2.32. The van der Waals surface area contributed by atoms with E-state index in [1.807, 2.05) is 11.6 Å². The molecule has 1 aromatic heterocycles. The maximum Gasteiger partial charge on any atom is 0.111 e. The fraction of sp³-hybridized carbons (Fsp3) is 0.750. The molecule has 0 aliphatic carbocycles. The van der Waals surface area contributed by atoms with Crippen molar-refractivity contribution in [2.45, 2.75) is 38.8 Å². The molecule has 4 heteroatoms. The molecule has 90 valence electrons. The van der Waals surface area contributed by atoms with Crippen molar-refractivity contribution in [1.82, 2.24) is 9.88 Å². The van der Waals surface area contributed by atoms with E-state index in [4.69, 9.17) is 5.73 Å². The lowest BCUT2D eigenvalue weighted by Crippen LogP contribution is -2.47. The fourth-order valence-electron chi connectivity index (χ4n) is 2.49. The molecule has 1 aliphatic heterocycles. The monoisotopic (exact) mass is 239 g/mol. The van der Waals surface area contributed by atoms with Crippen molar-refractivity contribution in [3.63, 3.8) is 0 Å². The normalized spacial score (nSPS) is 27.5. The maximum absolute atomic E-state index is 6.26. The first-order valence-corrected chi connectivity index (χ1v) is 6.95. The molecule has 1 aliphatic rings.